The second kappa shape index (κ2) is 5.61. The first-order valence-corrected chi connectivity index (χ1v) is 8.30. The van der Waals surface area contributed by atoms with Crippen molar-refractivity contribution in [1.29, 1.82) is 0 Å². The van der Waals surface area contributed by atoms with Gasteiger partial charge in [0.2, 0.25) is 5.95 Å². The number of H-pyrrole nitrogens is 1. The predicted molar refractivity (Wildman–Crippen MR) is 78.8 cm³/mol. The first kappa shape index (κ1) is 14.5. The number of nitrogens with one attached hydrogen (secondary N) is 2. The standard InChI is InChI=1S/C11H18N6O2S/c1-4-12-11-15-9-8(13-7-14-9)10(16-11)17(2)5-6-20(3,18)19/h7H,4-6H2,1-3H3,(H2,12,13,14,15,16). The number of anilines is 2. The molecule has 2 N–H and O–H groups in total. The van der Waals surface area contributed by atoms with Crippen LogP contribution in [0.3, 0.4) is 0 Å². The van der Waals surface area contributed by atoms with Crippen LogP contribution in [0.4, 0.5) is 11.8 Å². The second-order valence-electron chi connectivity index (χ2n) is 4.55. The topological polar surface area (TPSA) is 104 Å². The van der Waals surface area contributed by atoms with Crippen molar-refractivity contribution >= 4 is 32.8 Å². The highest BCUT2D eigenvalue weighted by Crippen LogP contribution is 2.21. The minimum absolute atomic E-state index is 0.0691. The maximum Gasteiger partial charge on any atom is 0.226 e. The van der Waals surface area contributed by atoms with Gasteiger partial charge in [-0.15, -0.1) is 0 Å². The van der Waals surface area contributed by atoms with Crippen molar-refractivity contribution in [2.45, 2.75) is 6.92 Å². The van der Waals surface area contributed by atoms with Crippen LogP contribution in [0.5, 0.6) is 0 Å². The van der Waals surface area contributed by atoms with Crippen LogP contribution >= 0.6 is 0 Å². The summed E-state index contributed by atoms with van der Waals surface area (Å²) in [6.07, 6.45) is 2.76. The van der Waals surface area contributed by atoms with Crippen molar-refractivity contribution in [2.24, 2.45) is 0 Å². The number of aromatic amines is 1. The summed E-state index contributed by atoms with van der Waals surface area (Å²) < 4.78 is 22.5. The Morgan fingerprint density at radius 2 is 2.15 bits per heavy atom. The number of aromatic nitrogens is 4. The molecule has 0 atom stereocenters. The van der Waals surface area contributed by atoms with E-state index in [9.17, 15) is 8.42 Å². The van der Waals surface area contributed by atoms with Gasteiger partial charge < -0.3 is 15.2 Å². The largest absolute Gasteiger partial charge is 0.357 e. The smallest absolute Gasteiger partial charge is 0.226 e. The molecule has 0 aliphatic carbocycles. The first-order chi connectivity index (χ1) is 9.40. The van der Waals surface area contributed by atoms with Gasteiger partial charge in [0.15, 0.2) is 11.5 Å². The molecule has 110 valence electrons. The summed E-state index contributed by atoms with van der Waals surface area (Å²) in [6, 6.07) is 0. The predicted octanol–water partition coefficient (Wildman–Crippen LogP) is 0.266. The fourth-order valence-corrected chi connectivity index (χ4v) is 2.35. The average molecular weight is 298 g/mol. The van der Waals surface area contributed by atoms with E-state index >= 15 is 0 Å². The minimum atomic E-state index is -3.01. The molecule has 0 fully saturated rings. The molecular weight excluding hydrogens is 280 g/mol. The number of rotatable bonds is 6. The number of nitrogens with zero attached hydrogens (tertiary/aromatic N) is 4. The molecule has 0 aromatic carbocycles. The third kappa shape index (κ3) is 3.35. The molecule has 0 bridgehead atoms. The molecule has 0 saturated heterocycles. The molecule has 0 amide bonds. The highest BCUT2D eigenvalue weighted by Gasteiger charge is 2.14. The summed E-state index contributed by atoms with van der Waals surface area (Å²) in [5.74, 6) is 1.18. The molecule has 0 aliphatic heterocycles. The lowest BCUT2D eigenvalue weighted by molar-refractivity contribution is 0.601. The van der Waals surface area contributed by atoms with E-state index in [1.54, 1.807) is 18.3 Å². The zero-order valence-electron chi connectivity index (χ0n) is 11.7. The Balaban J connectivity index is 2.33. The van der Waals surface area contributed by atoms with Gasteiger partial charge in [0.25, 0.3) is 0 Å². The van der Waals surface area contributed by atoms with Crippen LogP contribution in [0.15, 0.2) is 6.33 Å². The van der Waals surface area contributed by atoms with Gasteiger partial charge in [0, 0.05) is 26.4 Å². The van der Waals surface area contributed by atoms with Gasteiger partial charge in [0.05, 0.1) is 12.1 Å². The van der Waals surface area contributed by atoms with E-state index in [-0.39, 0.29) is 5.75 Å². The van der Waals surface area contributed by atoms with Gasteiger partial charge in [-0.2, -0.15) is 9.97 Å². The van der Waals surface area contributed by atoms with Crippen LogP contribution < -0.4 is 10.2 Å². The zero-order valence-corrected chi connectivity index (χ0v) is 12.5. The monoisotopic (exact) mass is 298 g/mol. The molecular formula is C11H18N6O2S. The molecule has 2 aromatic heterocycles. The molecule has 2 rings (SSSR count). The van der Waals surface area contributed by atoms with Gasteiger partial charge >= 0.3 is 0 Å². The molecule has 0 saturated carbocycles. The van der Waals surface area contributed by atoms with Crippen molar-refractivity contribution < 1.29 is 8.42 Å². The summed E-state index contributed by atoms with van der Waals surface area (Å²) in [6.45, 7) is 3.00. The van der Waals surface area contributed by atoms with E-state index in [0.29, 0.717) is 36.0 Å². The van der Waals surface area contributed by atoms with Crippen LogP contribution in [0, 0.1) is 0 Å². The fraction of sp³-hybridized carbons (Fsp3) is 0.545. The van der Waals surface area contributed by atoms with Crippen LogP contribution in [0.1, 0.15) is 6.92 Å². The van der Waals surface area contributed by atoms with Gasteiger partial charge in [0.1, 0.15) is 15.4 Å². The van der Waals surface area contributed by atoms with Gasteiger partial charge in [-0.05, 0) is 6.92 Å². The summed E-state index contributed by atoms with van der Waals surface area (Å²) in [7, 11) is -1.22. The summed E-state index contributed by atoms with van der Waals surface area (Å²) in [5, 5.41) is 3.04. The highest BCUT2D eigenvalue weighted by molar-refractivity contribution is 7.90. The van der Waals surface area contributed by atoms with E-state index in [4.69, 9.17) is 0 Å². The maximum atomic E-state index is 11.3. The lowest BCUT2D eigenvalue weighted by Crippen LogP contribution is -2.26. The minimum Gasteiger partial charge on any atom is -0.357 e. The molecule has 2 heterocycles. The van der Waals surface area contributed by atoms with Crippen molar-refractivity contribution in [1.82, 2.24) is 19.9 Å². The van der Waals surface area contributed by atoms with Crippen LogP contribution in [0.2, 0.25) is 0 Å². The SMILES string of the molecule is CCNc1nc(N(C)CCS(C)(=O)=O)c2[nH]cnc2n1. The Morgan fingerprint density at radius 1 is 1.40 bits per heavy atom. The number of fused-ring (bicyclic) bond motifs is 1. The summed E-state index contributed by atoms with van der Waals surface area (Å²) >= 11 is 0. The number of hydrogen-bond acceptors (Lipinski definition) is 7. The molecule has 9 heteroatoms. The zero-order chi connectivity index (χ0) is 14.8. The molecule has 0 spiro atoms. The van der Waals surface area contributed by atoms with E-state index in [1.807, 2.05) is 6.92 Å². The van der Waals surface area contributed by atoms with E-state index < -0.39 is 9.84 Å². The van der Waals surface area contributed by atoms with Crippen LogP contribution in [-0.4, -0.2) is 60.5 Å². The quantitative estimate of drug-likeness (QED) is 0.788. The lowest BCUT2D eigenvalue weighted by Gasteiger charge is -2.18. The van der Waals surface area contributed by atoms with E-state index in [0.717, 1.165) is 0 Å². The molecule has 2 aromatic rings. The molecule has 0 unspecified atom stereocenters. The summed E-state index contributed by atoms with van der Waals surface area (Å²) in [5.41, 5.74) is 1.25. The van der Waals surface area contributed by atoms with Gasteiger partial charge in [-0.1, -0.05) is 0 Å². The molecule has 8 nitrogen and oxygen atoms in total. The third-order valence-electron chi connectivity index (χ3n) is 2.76. The Kier molecular flexibility index (Phi) is 4.07. The van der Waals surface area contributed by atoms with Gasteiger partial charge in [-0.25, -0.2) is 13.4 Å². The van der Waals surface area contributed by atoms with Crippen LogP contribution in [-0.2, 0) is 9.84 Å². The molecule has 20 heavy (non-hydrogen) atoms. The Labute approximate surface area is 117 Å². The molecule has 0 aliphatic rings. The summed E-state index contributed by atoms with van der Waals surface area (Å²) in [4.78, 5) is 17.6. The maximum absolute atomic E-state index is 11.3. The normalized spacial score (nSPS) is 11.8. The average Bonchev–Trinajstić information content (AvgIpc) is 2.82. The molecule has 0 radical (unpaired) electrons. The van der Waals surface area contributed by atoms with Crippen molar-refractivity contribution in [2.75, 3.05) is 42.4 Å². The number of imidazole rings is 1. The van der Waals surface area contributed by atoms with Crippen molar-refractivity contribution in [3.8, 4) is 0 Å². The Morgan fingerprint density at radius 3 is 2.80 bits per heavy atom. The number of sulfone groups is 1. The van der Waals surface area contributed by atoms with E-state index in [1.165, 1.54) is 6.26 Å². The second-order valence-corrected chi connectivity index (χ2v) is 6.81. The van der Waals surface area contributed by atoms with Crippen molar-refractivity contribution in [3.05, 3.63) is 6.33 Å². The Hall–Kier alpha value is -1.90. The Bertz CT molecular complexity index is 696. The van der Waals surface area contributed by atoms with Crippen molar-refractivity contribution in [3.63, 3.8) is 0 Å². The van der Waals surface area contributed by atoms with E-state index in [2.05, 4.69) is 25.3 Å². The first-order valence-electron chi connectivity index (χ1n) is 6.24. The third-order valence-corrected chi connectivity index (χ3v) is 3.68. The van der Waals surface area contributed by atoms with Crippen LogP contribution in [0.25, 0.3) is 11.2 Å². The number of hydrogen-bond donors (Lipinski definition) is 2. The lowest BCUT2D eigenvalue weighted by atomic mass is 10.4. The highest BCUT2D eigenvalue weighted by atomic mass is 32.2. The van der Waals surface area contributed by atoms with Gasteiger partial charge in [-0.3, -0.25) is 0 Å². The fourth-order valence-electron chi connectivity index (χ4n) is 1.74.